The summed E-state index contributed by atoms with van der Waals surface area (Å²) >= 11 is 0. The van der Waals surface area contributed by atoms with Gasteiger partial charge in [0.2, 0.25) is 0 Å². The van der Waals surface area contributed by atoms with E-state index in [-0.39, 0.29) is 5.56 Å². The SMILES string of the molecule is Cc1cccc2cc(CN3CCOC[C@H](CN(C)C)C3)c(=O)[nH]c12. The Morgan fingerprint density at radius 1 is 1.38 bits per heavy atom. The first-order valence-electron chi connectivity index (χ1n) is 8.59. The largest absolute Gasteiger partial charge is 0.380 e. The van der Waals surface area contributed by atoms with Crippen molar-refractivity contribution in [3.05, 3.63) is 45.7 Å². The predicted octanol–water partition coefficient (Wildman–Crippen LogP) is 1.85. The van der Waals surface area contributed by atoms with Crippen molar-refractivity contribution in [2.75, 3.05) is 46.9 Å². The van der Waals surface area contributed by atoms with E-state index in [1.165, 1.54) is 0 Å². The Hall–Kier alpha value is -1.69. The van der Waals surface area contributed by atoms with Crippen LogP contribution in [-0.4, -0.2) is 61.7 Å². The molecule has 1 aliphatic rings. The van der Waals surface area contributed by atoms with Gasteiger partial charge in [-0.25, -0.2) is 0 Å². The van der Waals surface area contributed by atoms with Crippen molar-refractivity contribution in [3.63, 3.8) is 0 Å². The number of pyridine rings is 1. The molecule has 24 heavy (non-hydrogen) atoms. The molecule has 1 atom stereocenters. The van der Waals surface area contributed by atoms with Gasteiger partial charge in [-0.1, -0.05) is 18.2 Å². The standard InChI is InChI=1S/C19H27N3O2/c1-14-5-4-6-16-9-17(19(23)20-18(14)16)12-22-7-8-24-13-15(11-22)10-21(2)3/h4-6,9,15H,7-8,10-13H2,1-3H3,(H,20,23)/t15-/m1/s1. The Morgan fingerprint density at radius 2 is 2.21 bits per heavy atom. The summed E-state index contributed by atoms with van der Waals surface area (Å²) in [4.78, 5) is 20.1. The van der Waals surface area contributed by atoms with Crippen LogP contribution in [0.3, 0.4) is 0 Å². The van der Waals surface area contributed by atoms with Crippen LogP contribution in [0.25, 0.3) is 10.9 Å². The molecular weight excluding hydrogens is 302 g/mol. The molecule has 5 heteroatoms. The number of fused-ring (bicyclic) bond motifs is 1. The summed E-state index contributed by atoms with van der Waals surface area (Å²) in [5, 5.41) is 1.10. The number of hydrogen-bond donors (Lipinski definition) is 1. The zero-order valence-corrected chi connectivity index (χ0v) is 14.8. The van der Waals surface area contributed by atoms with Gasteiger partial charge in [-0.05, 0) is 38.0 Å². The average molecular weight is 329 g/mol. The summed E-state index contributed by atoms with van der Waals surface area (Å²) in [5.41, 5.74) is 2.89. The van der Waals surface area contributed by atoms with Gasteiger partial charge in [-0.3, -0.25) is 9.69 Å². The molecule has 5 nitrogen and oxygen atoms in total. The van der Waals surface area contributed by atoms with E-state index in [1.807, 2.05) is 25.1 Å². The number of aryl methyl sites for hydroxylation is 1. The second kappa shape index (κ2) is 7.47. The predicted molar refractivity (Wildman–Crippen MR) is 97.4 cm³/mol. The lowest BCUT2D eigenvalue weighted by Gasteiger charge is -2.25. The number of H-pyrrole nitrogens is 1. The first-order chi connectivity index (χ1) is 11.5. The number of nitrogens with one attached hydrogen (secondary N) is 1. The van der Waals surface area contributed by atoms with Crippen molar-refractivity contribution in [1.29, 1.82) is 0 Å². The molecule has 1 saturated heterocycles. The number of aromatic amines is 1. The number of ether oxygens (including phenoxy) is 1. The van der Waals surface area contributed by atoms with Crippen LogP contribution in [0.5, 0.6) is 0 Å². The molecule has 0 amide bonds. The van der Waals surface area contributed by atoms with E-state index in [2.05, 4.69) is 34.9 Å². The lowest BCUT2D eigenvalue weighted by atomic mass is 10.1. The van der Waals surface area contributed by atoms with Gasteiger partial charge in [0.15, 0.2) is 0 Å². The summed E-state index contributed by atoms with van der Waals surface area (Å²) < 4.78 is 5.74. The molecule has 1 aromatic carbocycles. The summed E-state index contributed by atoms with van der Waals surface area (Å²) in [6.45, 7) is 7.06. The summed E-state index contributed by atoms with van der Waals surface area (Å²) in [6.07, 6.45) is 0. The van der Waals surface area contributed by atoms with Crippen molar-refractivity contribution in [3.8, 4) is 0 Å². The van der Waals surface area contributed by atoms with Crippen LogP contribution in [0, 0.1) is 12.8 Å². The number of nitrogens with zero attached hydrogens (tertiary/aromatic N) is 2. The molecule has 0 unspecified atom stereocenters. The zero-order chi connectivity index (χ0) is 17.1. The van der Waals surface area contributed by atoms with Gasteiger partial charge in [-0.15, -0.1) is 0 Å². The molecule has 0 spiro atoms. The Balaban J connectivity index is 1.80. The third-order valence-electron chi connectivity index (χ3n) is 4.60. The van der Waals surface area contributed by atoms with E-state index < -0.39 is 0 Å². The van der Waals surface area contributed by atoms with Gasteiger partial charge in [0, 0.05) is 37.7 Å². The quantitative estimate of drug-likeness (QED) is 0.930. The van der Waals surface area contributed by atoms with E-state index in [0.29, 0.717) is 12.5 Å². The van der Waals surface area contributed by atoms with E-state index >= 15 is 0 Å². The third kappa shape index (κ3) is 4.04. The molecule has 0 radical (unpaired) electrons. The van der Waals surface area contributed by atoms with Gasteiger partial charge in [0.1, 0.15) is 0 Å². The molecule has 0 saturated carbocycles. The van der Waals surface area contributed by atoms with Gasteiger partial charge in [0.25, 0.3) is 5.56 Å². The first-order valence-corrected chi connectivity index (χ1v) is 8.59. The highest BCUT2D eigenvalue weighted by atomic mass is 16.5. The maximum Gasteiger partial charge on any atom is 0.252 e. The molecule has 2 aromatic rings. The summed E-state index contributed by atoms with van der Waals surface area (Å²) in [7, 11) is 4.18. The van der Waals surface area contributed by atoms with Gasteiger partial charge in [0.05, 0.1) is 18.7 Å². The van der Waals surface area contributed by atoms with Crippen LogP contribution in [0.2, 0.25) is 0 Å². The van der Waals surface area contributed by atoms with Gasteiger partial charge in [-0.2, -0.15) is 0 Å². The molecule has 1 aromatic heterocycles. The molecule has 3 rings (SSSR count). The molecule has 1 fully saturated rings. The average Bonchev–Trinajstić information content (AvgIpc) is 2.73. The van der Waals surface area contributed by atoms with Crippen LogP contribution in [0.4, 0.5) is 0 Å². The molecule has 0 bridgehead atoms. The minimum absolute atomic E-state index is 0.0196. The van der Waals surface area contributed by atoms with Crippen molar-refractivity contribution >= 4 is 10.9 Å². The zero-order valence-electron chi connectivity index (χ0n) is 14.8. The number of benzene rings is 1. The Kier molecular flexibility index (Phi) is 5.33. The van der Waals surface area contributed by atoms with Crippen LogP contribution >= 0.6 is 0 Å². The van der Waals surface area contributed by atoms with Crippen LogP contribution in [0.1, 0.15) is 11.1 Å². The molecule has 2 heterocycles. The van der Waals surface area contributed by atoms with Gasteiger partial charge < -0.3 is 14.6 Å². The summed E-state index contributed by atoms with van der Waals surface area (Å²) in [5.74, 6) is 0.476. The third-order valence-corrected chi connectivity index (χ3v) is 4.60. The summed E-state index contributed by atoms with van der Waals surface area (Å²) in [6, 6.07) is 8.15. The highest BCUT2D eigenvalue weighted by molar-refractivity contribution is 5.81. The van der Waals surface area contributed by atoms with E-state index in [1.54, 1.807) is 0 Å². The Labute approximate surface area is 143 Å². The molecule has 1 aliphatic heterocycles. The minimum atomic E-state index is 0.0196. The van der Waals surface area contributed by atoms with E-state index in [9.17, 15) is 4.79 Å². The van der Waals surface area contributed by atoms with Crippen molar-refractivity contribution < 1.29 is 4.74 Å². The minimum Gasteiger partial charge on any atom is -0.380 e. The molecule has 0 aliphatic carbocycles. The smallest absolute Gasteiger partial charge is 0.252 e. The fraction of sp³-hybridized carbons (Fsp3) is 0.526. The second-order valence-electron chi connectivity index (χ2n) is 7.10. The van der Waals surface area contributed by atoms with Crippen molar-refractivity contribution in [1.82, 2.24) is 14.8 Å². The monoisotopic (exact) mass is 329 g/mol. The van der Waals surface area contributed by atoms with E-state index in [4.69, 9.17) is 4.74 Å². The van der Waals surface area contributed by atoms with Gasteiger partial charge >= 0.3 is 0 Å². The van der Waals surface area contributed by atoms with Crippen LogP contribution < -0.4 is 5.56 Å². The second-order valence-corrected chi connectivity index (χ2v) is 7.10. The highest BCUT2D eigenvalue weighted by Gasteiger charge is 2.20. The lowest BCUT2D eigenvalue weighted by molar-refractivity contribution is 0.112. The fourth-order valence-corrected chi connectivity index (χ4v) is 3.51. The van der Waals surface area contributed by atoms with Crippen LogP contribution in [-0.2, 0) is 11.3 Å². The van der Waals surface area contributed by atoms with Crippen molar-refractivity contribution in [2.24, 2.45) is 5.92 Å². The molecule has 1 N–H and O–H groups in total. The molecular formula is C19H27N3O2. The Morgan fingerprint density at radius 3 is 3.00 bits per heavy atom. The molecule has 130 valence electrons. The first kappa shape index (κ1) is 17.1. The van der Waals surface area contributed by atoms with Crippen LogP contribution in [0.15, 0.2) is 29.1 Å². The maximum atomic E-state index is 12.5. The topological polar surface area (TPSA) is 48.6 Å². The Bertz CT molecular complexity index is 754. The lowest BCUT2D eigenvalue weighted by Crippen LogP contribution is -2.35. The number of para-hydroxylation sites is 1. The van der Waals surface area contributed by atoms with Crippen molar-refractivity contribution in [2.45, 2.75) is 13.5 Å². The number of aromatic nitrogens is 1. The highest BCUT2D eigenvalue weighted by Crippen LogP contribution is 2.17. The number of rotatable bonds is 4. The maximum absolute atomic E-state index is 12.5. The number of hydrogen-bond acceptors (Lipinski definition) is 4. The normalized spacial score (nSPS) is 19.8. The fourth-order valence-electron chi connectivity index (χ4n) is 3.51. The van der Waals surface area contributed by atoms with E-state index in [0.717, 1.165) is 54.9 Å².